The summed E-state index contributed by atoms with van der Waals surface area (Å²) in [6.07, 6.45) is 0. The third kappa shape index (κ3) is 5.98. The van der Waals surface area contributed by atoms with Gasteiger partial charge in [-0.1, -0.05) is 45.0 Å². The molecule has 0 radical (unpaired) electrons. The molecule has 0 aliphatic rings. The molecule has 0 spiro atoms. The lowest BCUT2D eigenvalue weighted by atomic mass is 9.86. The normalized spacial score (nSPS) is 12.6. The van der Waals surface area contributed by atoms with Crippen molar-refractivity contribution in [1.82, 2.24) is 10.6 Å². The maximum Gasteiger partial charge on any atom is 0.234 e. The summed E-state index contributed by atoms with van der Waals surface area (Å²) in [5.74, 6) is 0.799. The van der Waals surface area contributed by atoms with Crippen molar-refractivity contribution in [3.05, 3.63) is 52.7 Å². The third-order valence-electron chi connectivity index (χ3n) is 3.60. The molecule has 2 N–H and O–H groups in total. The number of para-hydroxylation sites is 1. The van der Waals surface area contributed by atoms with Gasteiger partial charge in [-0.05, 0) is 29.0 Å². The molecule has 130 valence electrons. The zero-order valence-corrected chi connectivity index (χ0v) is 15.4. The summed E-state index contributed by atoms with van der Waals surface area (Å²) in [7, 11) is 0. The number of nitrogens with one attached hydrogen (secondary N) is 2. The highest BCUT2D eigenvalue weighted by molar-refractivity contribution is 7.10. The number of benzene rings is 1. The maximum absolute atomic E-state index is 12.0. The zero-order valence-electron chi connectivity index (χ0n) is 14.5. The molecule has 24 heavy (non-hydrogen) atoms. The lowest BCUT2D eigenvalue weighted by Gasteiger charge is -2.30. The van der Waals surface area contributed by atoms with Crippen molar-refractivity contribution >= 4 is 17.2 Å². The number of rotatable bonds is 8. The number of hydrogen-bond donors (Lipinski definition) is 2. The first-order valence-corrected chi connectivity index (χ1v) is 9.06. The van der Waals surface area contributed by atoms with Crippen molar-refractivity contribution < 1.29 is 9.53 Å². The van der Waals surface area contributed by atoms with Crippen LogP contribution in [0.2, 0.25) is 0 Å². The van der Waals surface area contributed by atoms with Crippen LogP contribution in [0.3, 0.4) is 0 Å². The molecule has 1 aromatic carbocycles. The average molecular weight is 346 g/mol. The van der Waals surface area contributed by atoms with Crippen molar-refractivity contribution in [3.8, 4) is 5.75 Å². The summed E-state index contributed by atoms with van der Waals surface area (Å²) in [5, 5.41) is 8.33. The van der Waals surface area contributed by atoms with Crippen LogP contribution in [0.15, 0.2) is 47.8 Å². The standard InChI is InChI=1S/C19H26N2O2S/c1-19(2,3)18(16-10-7-13-24-16)21-14-17(22)20-11-12-23-15-8-5-4-6-9-15/h4-10,13,18,21H,11-12,14H2,1-3H3,(H,20,22). The molecule has 1 aromatic heterocycles. The Bertz CT molecular complexity index is 606. The Labute approximate surface area is 148 Å². The Morgan fingerprint density at radius 3 is 2.54 bits per heavy atom. The highest BCUT2D eigenvalue weighted by Crippen LogP contribution is 2.34. The van der Waals surface area contributed by atoms with E-state index in [0.717, 1.165) is 5.75 Å². The first-order chi connectivity index (χ1) is 11.5. The molecule has 0 aliphatic heterocycles. The molecule has 0 saturated heterocycles. The Balaban J connectivity index is 1.71. The van der Waals surface area contributed by atoms with Gasteiger partial charge in [0.1, 0.15) is 12.4 Å². The van der Waals surface area contributed by atoms with Crippen LogP contribution >= 0.6 is 11.3 Å². The van der Waals surface area contributed by atoms with Gasteiger partial charge < -0.3 is 15.4 Å². The Kier molecular flexibility index (Phi) is 6.82. The van der Waals surface area contributed by atoms with Gasteiger partial charge in [0, 0.05) is 10.9 Å². The molecule has 2 aromatic rings. The van der Waals surface area contributed by atoms with Crippen LogP contribution in [0.4, 0.5) is 0 Å². The second-order valence-electron chi connectivity index (χ2n) is 6.71. The van der Waals surface area contributed by atoms with E-state index in [4.69, 9.17) is 4.74 Å². The van der Waals surface area contributed by atoms with Gasteiger partial charge in [-0.2, -0.15) is 0 Å². The minimum Gasteiger partial charge on any atom is -0.492 e. The molecular formula is C19H26N2O2S. The lowest BCUT2D eigenvalue weighted by molar-refractivity contribution is -0.120. The second kappa shape index (κ2) is 8.85. The van der Waals surface area contributed by atoms with Gasteiger partial charge >= 0.3 is 0 Å². The summed E-state index contributed by atoms with van der Waals surface area (Å²) in [5.41, 5.74) is 0.0432. The van der Waals surface area contributed by atoms with Crippen LogP contribution in [0.5, 0.6) is 5.75 Å². The fourth-order valence-electron chi connectivity index (χ4n) is 2.42. The summed E-state index contributed by atoms with van der Waals surface area (Å²) in [6, 6.07) is 13.9. The van der Waals surface area contributed by atoms with Crippen LogP contribution in [-0.4, -0.2) is 25.6 Å². The van der Waals surface area contributed by atoms with Gasteiger partial charge in [-0.15, -0.1) is 11.3 Å². The summed E-state index contributed by atoms with van der Waals surface area (Å²) >= 11 is 1.71. The average Bonchev–Trinajstić information content (AvgIpc) is 3.05. The highest BCUT2D eigenvalue weighted by Gasteiger charge is 2.27. The van der Waals surface area contributed by atoms with E-state index in [1.165, 1.54) is 4.88 Å². The Hall–Kier alpha value is -1.85. The van der Waals surface area contributed by atoms with Crippen LogP contribution in [-0.2, 0) is 4.79 Å². The molecule has 0 saturated carbocycles. The van der Waals surface area contributed by atoms with E-state index in [9.17, 15) is 4.79 Å². The molecule has 0 fully saturated rings. The Morgan fingerprint density at radius 1 is 1.17 bits per heavy atom. The molecule has 1 amide bonds. The van der Waals surface area contributed by atoms with Crippen molar-refractivity contribution in [2.75, 3.05) is 19.7 Å². The molecule has 0 aliphatic carbocycles. The van der Waals surface area contributed by atoms with Crippen LogP contribution in [0, 0.1) is 5.41 Å². The largest absolute Gasteiger partial charge is 0.492 e. The second-order valence-corrected chi connectivity index (χ2v) is 7.69. The molecule has 0 bridgehead atoms. The minimum absolute atomic E-state index is 0.0162. The molecule has 1 atom stereocenters. The van der Waals surface area contributed by atoms with E-state index in [0.29, 0.717) is 19.7 Å². The summed E-state index contributed by atoms with van der Waals surface area (Å²) in [6.45, 7) is 7.78. The molecule has 5 heteroatoms. The van der Waals surface area contributed by atoms with Crippen molar-refractivity contribution in [1.29, 1.82) is 0 Å². The number of thiophene rings is 1. The smallest absolute Gasteiger partial charge is 0.234 e. The molecule has 4 nitrogen and oxygen atoms in total. The van der Waals surface area contributed by atoms with Gasteiger partial charge in [0.2, 0.25) is 5.91 Å². The van der Waals surface area contributed by atoms with Gasteiger partial charge in [-0.25, -0.2) is 0 Å². The van der Waals surface area contributed by atoms with Gasteiger partial charge in [0.15, 0.2) is 0 Å². The minimum atomic E-state index is -0.0162. The number of amides is 1. The van der Waals surface area contributed by atoms with Crippen molar-refractivity contribution in [2.45, 2.75) is 26.8 Å². The molecule has 1 heterocycles. The predicted octanol–water partition coefficient (Wildman–Crippen LogP) is 3.62. The number of hydrogen-bond acceptors (Lipinski definition) is 4. The maximum atomic E-state index is 12.0. The highest BCUT2D eigenvalue weighted by atomic mass is 32.1. The van der Waals surface area contributed by atoms with E-state index < -0.39 is 0 Å². The van der Waals surface area contributed by atoms with Crippen LogP contribution in [0.1, 0.15) is 31.7 Å². The fraction of sp³-hybridized carbons (Fsp3) is 0.421. The third-order valence-corrected chi connectivity index (χ3v) is 4.53. The van der Waals surface area contributed by atoms with E-state index in [1.54, 1.807) is 11.3 Å². The molecular weight excluding hydrogens is 320 g/mol. The first-order valence-electron chi connectivity index (χ1n) is 8.18. The number of ether oxygens (including phenoxy) is 1. The molecule has 1 unspecified atom stereocenters. The monoisotopic (exact) mass is 346 g/mol. The Morgan fingerprint density at radius 2 is 1.92 bits per heavy atom. The van der Waals surface area contributed by atoms with E-state index in [2.05, 4.69) is 42.9 Å². The fourth-order valence-corrected chi connectivity index (χ4v) is 3.47. The number of carbonyl (C=O) groups excluding carboxylic acids is 1. The zero-order chi connectivity index (χ0) is 17.4. The van der Waals surface area contributed by atoms with Crippen molar-refractivity contribution in [3.63, 3.8) is 0 Å². The SMILES string of the molecule is CC(C)(C)C(NCC(=O)NCCOc1ccccc1)c1cccs1. The van der Waals surface area contributed by atoms with Crippen LogP contribution in [0.25, 0.3) is 0 Å². The first kappa shape index (κ1) is 18.5. The van der Waals surface area contributed by atoms with E-state index in [1.807, 2.05) is 36.4 Å². The quantitative estimate of drug-likeness (QED) is 0.718. The van der Waals surface area contributed by atoms with Gasteiger partial charge in [-0.3, -0.25) is 4.79 Å². The summed E-state index contributed by atoms with van der Waals surface area (Å²) < 4.78 is 5.56. The summed E-state index contributed by atoms with van der Waals surface area (Å²) in [4.78, 5) is 13.3. The predicted molar refractivity (Wildman–Crippen MR) is 99.5 cm³/mol. The van der Waals surface area contributed by atoms with E-state index in [-0.39, 0.29) is 17.4 Å². The van der Waals surface area contributed by atoms with Crippen LogP contribution < -0.4 is 15.4 Å². The lowest BCUT2D eigenvalue weighted by Crippen LogP contribution is -2.40. The molecule has 2 rings (SSSR count). The van der Waals surface area contributed by atoms with Gasteiger partial charge in [0.25, 0.3) is 0 Å². The van der Waals surface area contributed by atoms with E-state index >= 15 is 0 Å². The topological polar surface area (TPSA) is 50.4 Å². The van der Waals surface area contributed by atoms with Crippen molar-refractivity contribution in [2.24, 2.45) is 5.41 Å². The van der Waals surface area contributed by atoms with Gasteiger partial charge in [0.05, 0.1) is 13.1 Å². The number of carbonyl (C=O) groups is 1.